The van der Waals surface area contributed by atoms with E-state index in [1.807, 2.05) is 31.2 Å². The summed E-state index contributed by atoms with van der Waals surface area (Å²) >= 11 is 0. The number of ether oxygens (including phenoxy) is 1. The van der Waals surface area contributed by atoms with Gasteiger partial charge in [-0.05, 0) is 31.0 Å². The summed E-state index contributed by atoms with van der Waals surface area (Å²) in [7, 11) is 0. The summed E-state index contributed by atoms with van der Waals surface area (Å²) in [6.07, 6.45) is 3.99. The van der Waals surface area contributed by atoms with E-state index in [9.17, 15) is 9.90 Å². The van der Waals surface area contributed by atoms with Gasteiger partial charge >= 0.3 is 0 Å². The summed E-state index contributed by atoms with van der Waals surface area (Å²) < 4.78 is 5.70. The van der Waals surface area contributed by atoms with E-state index in [2.05, 4.69) is 9.97 Å². The average Bonchev–Trinajstić information content (AvgIpc) is 3.16. The molecule has 3 rings (SSSR count). The van der Waals surface area contributed by atoms with Crippen molar-refractivity contribution >= 4 is 5.91 Å². The number of hydrogen-bond acceptors (Lipinski definition) is 4. The molecule has 6 heteroatoms. The van der Waals surface area contributed by atoms with Crippen molar-refractivity contribution in [2.24, 2.45) is 0 Å². The van der Waals surface area contributed by atoms with Crippen LogP contribution >= 0.6 is 0 Å². The summed E-state index contributed by atoms with van der Waals surface area (Å²) in [4.78, 5) is 20.7. The first-order valence-corrected chi connectivity index (χ1v) is 7.71. The number of aromatic nitrogens is 2. The zero-order valence-electron chi connectivity index (χ0n) is 13.2. The van der Waals surface area contributed by atoms with Gasteiger partial charge in [0, 0.05) is 18.4 Å². The number of amides is 1. The molecule has 0 bridgehead atoms. The van der Waals surface area contributed by atoms with Gasteiger partial charge in [0.2, 0.25) is 5.91 Å². The third-order valence-electron chi connectivity index (χ3n) is 4.08. The van der Waals surface area contributed by atoms with Gasteiger partial charge in [-0.1, -0.05) is 12.1 Å². The minimum absolute atomic E-state index is 0.0132. The molecule has 2 aromatic rings. The Morgan fingerprint density at radius 2 is 2.39 bits per heavy atom. The van der Waals surface area contributed by atoms with E-state index in [1.165, 1.54) is 0 Å². The highest BCUT2D eigenvalue weighted by atomic mass is 16.5. The van der Waals surface area contributed by atoms with Crippen molar-refractivity contribution in [3.63, 3.8) is 0 Å². The Hall–Kier alpha value is -2.34. The van der Waals surface area contributed by atoms with Crippen molar-refractivity contribution < 1.29 is 14.6 Å². The first-order chi connectivity index (χ1) is 11.0. The Balaban J connectivity index is 1.54. The standard InChI is InChI=1S/C17H21N3O3/c1-13-3-2-4-15(7-13)23-11-17(22)5-6-20(10-17)16(21)8-14-9-18-12-19-14/h2-4,7,9,12,22H,5-6,8,10-11H2,1H3,(H,18,19). The van der Waals surface area contributed by atoms with Crippen molar-refractivity contribution in [1.82, 2.24) is 14.9 Å². The molecule has 2 heterocycles. The van der Waals surface area contributed by atoms with Crippen LogP contribution < -0.4 is 4.74 Å². The Morgan fingerprint density at radius 3 is 3.13 bits per heavy atom. The van der Waals surface area contributed by atoms with Crippen molar-refractivity contribution in [3.05, 3.63) is 48.0 Å². The van der Waals surface area contributed by atoms with Crippen LogP contribution in [-0.4, -0.2) is 51.2 Å². The molecule has 0 saturated carbocycles. The molecule has 1 aliphatic rings. The normalized spacial score (nSPS) is 20.7. The Kier molecular flexibility index (Phi) is 4.34. The number of H-pyrrole nitrogens is 1. The number of aromatic amines is 1. The minimum atomic E-state index is -0.993. The number of imidazole rings is 1. The predicted molar refractivity (Wildman–Crippen MR) is 85.1 cm³/mol. The number of benzene rings is 1. The Morgan fingerprint density at radius 1 is 1.52 bits per heavy atom. The molecule has 0 aliphatic carbocycles. The molecule has 1 aromatic heterocycles. The van der Waals surface area contributed by atoms with Crippen LogP contribution in [0.1, 0.15) is 17.7 Å². The van der Waals surface area contributed by atoms with Crippen molar-refractivity contribution in [3.8, 4) is 5.75 Å². The molecule has 1 atom stereocenters. The molecule has 1 aliphatic heterocycles. The van der Waals surface area contributed by atoms with Crippen LogP contribution in [0.3, 0.4) is 0 Å². The van der Waals surface area contributed by atoms with Gasteiger partial charge in [-0.15, -0.1) is 0 Å². The zero-order chi connectivity index (χ0) is 16.3. The van der Waals surface area contributed by atoms with Crippen LogP contribution in [0, 0.1) is 6.92 Å². The monoisotopic (exact) mass is 315 g/mol. The number of carbonyl (C=O) groups excluding carboxylic acids is 1. The fourth-order valence-electron chi connectivity index (χ4n) is 2.77. The molecule has 2 N–H and O–H groups in total. The average molecular weight is 315 g/mol. The Labute approximate surface area is 135 Å². The number of nitrogens with one attached hydrogen (secondary N) is 1. The van der Waals surface area contributed by atoms with E-state index in [4.69, 9.17) is 4.74 Å². The largest absolute Gasteiger partial charge is 0.491 e. The van der Waals surface area contributed by atoms with Gasteiger partial charge in [0.1, 0.15) is 18.0 Å². The molecule has 1 unspecified atom stereocenters. The lowest BCUT2D eigenvalue weighted by Gasteiger charge is -2.23. The predicted octanol–water partition coefficient (Wildman–Crippen LogP) is 1.30. The first kappa shape index (κ1) is 15.6. The third kappa shape index (κ3) is 3.90. The van der Waals surface area contributed by atoms with Gasteiger partial charge < -0.3 is 19.7 Å². The van der Waals surface area contributed by atoms with E-state index in [0.29, 0.717) is 19.5 Å². The van der Waals surface area contributed by atoms with E-state index in [0.717, 1.165) is 17.0 Å². The van der Waals surface area contributed by atoms with Gasteiger partial charge in [0.05, 0.1) is 19.3 Å². The van der Waals surface area contributed by atoms with Crippen LogP contribution in [0.15, 0.2) is 36.8 Å². The molecule has 6 nitrogen and oxygen atoms in total. The summed E-state index contributed by atoms with van der Waals surface area (Å²) in [5.74, 6) is 0.724. The van der Waals surface area contributed by atoms with Crippen LogP contribution in [0.2, 0.25) is 0 Å². The summed E-state index contributed by atoms with van der Waals surface area (Å²) in [6, 6.07) is 7.71. The summed E-state index contributed by atoms with van der Waals surface area (Å²) in [6.45, 7) is 3.02. The second-order valence-corrected chi connectivity index (χ2v) is 6.15. The van der Waals surface area contributed by atoms with Crippen molar-refractivity contribution in [2.45, 2.75) is 25.4 Å². The Bertz CT molecular complexity index is 671. The molecular formula is C17H21N3O3. The molecule has 0 radical (unpaired) electrons. The smallest absolute Gasteiger partial charge is 0.228 e. The van der Waals surface area contributed by atoms with E-state index < -0.39 is 5.60 Å². The highest BCUT2D eigenvalue weighted by molar-refractivity contribution is 5.78. The van der Waals surface area contributed by atoms with Crippen LogP contribution in [0.5, 0.6) is 5.75 Å². The maximum atomic E-state index is 12.2. The molecule has 1 amide bonds. The van der Waals surface area contributed by atoms with Crippen molar-refractivity contribution in [2.75, 3.05) is 19.7 Å². The second kappa shape index (κ2) is 6.42. The van der Waals surface area contributed by atoms with E-state index in [1.54, 1.807) is 17.4 Å². The fourth-order valence-corrected chi connectivity index (χ4v) is 2.77. The van der Waals surface area contributed by atoms with E-state index >= 15 is 0 Å². The number of β-amino-alcohol motifs (C(OH)–C–C–N with tert-alkyl or cyclic N) is 1. The summed E-state index contributed by atoms with van der Waals surface area (Å²) in [5, 5.41) is 10.6. The molecular weight excluding hydrogens is 294 g/mol. The summed E-state index contributed by atoms with van der Waals surface area (Å²) in [5.41, 5.74) is 0.895. The number of rotatable bonds is 5. The maximum absolute atomic E-state index is 12.2. The second-order valence-electron chi connectivity index (χ2n) is 6.15. The number of likely N-dealkylation sites (tertiary alicyclic amines) is 1. The van der Waals surface area contributed by atoms with Crippen LogP contribution in [0.25, 0.3) is 0 Å². The minimum Gasteiger partial charge on any atom is -0.491 e. The van der Waals surface area contributed by atoms with Gasteiger partial charge in [-0.25, -0.2) is 4.98 Å². The number of nitrogens with zero attached hydrogens (tertiary/aromatic N) is 2. The third-order valence-corrected chi connectivity index (χ3v) is 4.08. The molecule has 122 valence electrons. The van der Waals surface area contributed by atoms with Gasteiger partial charge in [-0.3, -0.25) is 4.79 Å². The van der Waals surface area contributed by atoms with Crippen LogP contribution in [0.4, 0.5) is 0 Å². The molecule has 1 saturated heterocycles. The molecule has 23 heavy (non-hydrogen) atoms. The highest BCUT2D eigenvalue weighted by Gasteiger charge is 2.38. The van der Waals surface area contributed by atoms with Crippen molar-refractivity contribution in [1.29, 1.82) is 0 Å². The van der Waals surface area contributed by atoms with Gasteiger partial charge in [0.25, 0.3) is 0 Å². The zero-order valence-corrected chi connectivity index (χ0v) is 13.2. The lowest BCUT2D eigenvalue weighted by atomic mass is 10.1. The maximum Gasteiger partial charge on any atom is 0.228 e. The van der Waals surface area contributed by atoms with Gasteiger partial charge in [0.15, 0.2) is 0 Å². The highest BCUT2D eigenvalue weighted by Crippen LogP contribution is 2.24. The quantitative estimate of drug-likeness (QED) is 0.872. The number of aryl methyl sites for hydroxylation is 1. The van der Waals surface area contributed by atoms with Crippen LogP contribution in [-0.2, 0) is 11.2 Å². The number of hydrogen-bond donors (Lipinski definition) is 2. The lowest BCUT2D eigenvalue weighted by Crippen LogP contribution is -2.41. The fraction of sp³-hybridized carbons (Fsp3) is 0.412. The number of aliphatic hydroxyl groups is 1. The molecule has 1 aromatic carbocycles. The number of carbonyl (C=O) groups is 1. The topological polar surface area (TPSA) is 78.5 Å². The van der Waals surface area contributed by atoms with Gasteiger partial charge in [-0.2, -0.15) is 0 Å². The SMILES string of the molecule is Cc1cccc(OCC2(O)CCN(C(=O)Cc3cnc[nH]3)C2)c1. The first-order valence-electron chi connectivity index (χ1n) is 7.71. The lowest BCUT2D eigenvalue weighted by molar-refractivity contribution is -0.130. The van der Waals surface area contributed by atoms with E-state index in [-0.39, 0.29) is 18.9 Å². The molecule has 1 fully saturated rings. The molecule has 0 spiro atoms.